The molecule has 2 aliphatic rings. The van der Waals surface area contributed by atoms with Gasteiger partial charge in [-0.2, -0.15) is 11.8 Å². The summed E-state index contributed by atoms with van der Waals surface area (Å²) in [6, 6.07) is 5.86. The number of aryl methyl sites for hydroxylation is 1. The van der Waals surface area contributed by atoms with Gasteiger partial charge in [0.2, 0.25) is 0 Å². The second-order valence-electron chi connectivity index (χ2n) is 5.48. The van der Waals surface area contributed by atoms with E-state index in [2.05, 4.69) is 24.0 Å². The standard InChI is InChI=1S/C15H19NO3S/c1-10-2-3-14-11(6-10)7-12(19-14)8-16-4-5-20-9-13(16)15(17)18/h2-3,6,12-13H,4-5,7-9H2,1H3,(H,17,18). The Bertz CT molecular complexity index is 520. The summed E-state index contributed by atoms with van der Waals surface area (Å²) in [4.78, 5) is 13.4. The van der Waals surface area contributed by atoms with Crippen molar-refractivity contribution in [1.29, 1.82) is 0 Å². The number of carboxylic acid groups (broad SMARTS) is 1. The third kappa shape index (κ3) is 2.79. The van der Waals surface area contributed by atoms with E-state index >= 15 is 0 Å². The molecular weight excluding hydrogens is 274 g/mol. The number of benzene rings is 1. The summed E-state index contributed by atoms with van der Waals surface area (Å²) in [5.74, 6) is 1.92. The summed E-state index contributed by atoms with van der Waals surface area (Å²) >= 11 is 1.72. The molecule has 0 saturated carbocycles. The molecule has 20 heavy (non-hydrogen) atoms. The predicted molar refractivity (Wildman–Crippen MR) is 79.6 cm³/mol. The van der Waals surface area contributed by atoms with E-state index < -0.39 is 5.97 Å². The van der Waals surface area contributed by atoms with Gasteiger partial charge in [-0.25, -0.2) is 0 Å². The van der Waals surface area contributed by atoms with Crippen LogP contribution in [0.3, 0.4) is 0 Å². The van der Waals surface area contributed by atoms with Crippen molar-refractivity contribution in [2.45, 2.75) is 25.5 Å². The number of ether oxygens (including phenoxy) is 1. The molecule has 0 radical (unpaired) electrons. The van der Waals surface area contributed by atoms with Crippen LogP contribution in [0.5, 0.6) is 5.75 Å². The second-order valence-corrected chi connectivity index (χ2v) is 6.63. The first-order valence-corrected chi connectivity index (χ1v) is 8.10. The van der Waals surface area contributed by atoms with Crippen molar-refractivity contribution in [3.05, 3.63) is 29.3 Å². The van der Waals surface area contributed by atoms with E-state index in [9.17, 15) is 9.90 Å². The van der Waals surface area contributed by atoms with Gasteiger partial charge in [-0.3, -0.25) is 9.69 Å². The van der Waals surface area contributed by atoms with Gasteiger partial charge in [0.05, 0.1) is 0 Å². The van der Waals surface area contributed by atoms with Crippen LogP contribution in [0.1, 0.15) is 11.1 Å². The van der Waals surface area contributed by atoms with Crippen LogP contribution in [0.25, 0.3) is 0 Å². The number of carboxylic acids is 1. The molecule has 4 nitrogen and oxygen atoms in total. The number of nitrogens with zero attached hydrogens (tertiary/aromatic N) is 1. The van der Waals surface area contributed by atoms with E-state index in [4.69, 9.17) is 4.74 Å². The number of hydrogen-bond donors (Lipinski definition) is 1. The van der Waals surface area contributed by atoms with Crippen LogP contribution in [0.15, 0.2) is 18.2 Å². The van der Waals surface area contributed by atoms with Gasteiger partial charge in [0.1, 0.15) is 17.9 Å². The van der Waals surface area contributed by atoms with Crippen molar-refractivity contribution < 1.29 is 14.6 Å². The Morgan fingerprint density at radius 3 is 3.20 bits per heavy atom. The lowest BCUT2D eigenvalue weighted by Crippen LogP contribution is -2.50. The van der Waals surface area contributed by atoms with E-state index in [1.807, 2.05) is 6.07 Å². The Morgan fingerprint density at radius 1 is 1.55 bits per heavy atom. The molecule has 0 bridgehead atoms. The van der Waals surface area contributed by atoms with Crippen LogP contribution in [-0.2, 0) is 11.2 Å². The highest BCUT2D eigenvalue weighted by Gasteiger charge is 2.33. The molecule has 0 aliphatic carbocycles. The normalized spacial score (nSPS) is 26.1. The summed E-state index contributed by atoms with van der Waals surface area (Å²) in [6.07, 6.45) is 0.962. The Morgan fingerprint density at radius 2 is 2.40 bits per heavy atom. The number of rotatable bonds is 3. The topological polar surface area (TPSA) is 49.8 Å². The number of fused-ring (bicyclic) bond motifs is 1. The minimum absolute atomic E-state index is 0.0803. The van der Waals surface area contributed by atoms with Gasteiger partial charge in [-0.05, 0) is 18.6 Å². The highest BCUT2D eigenvalue weighted by molar-refractivity contribution is 7.99. The lowest BCUT2D eigenvalue weighted by Gasteiger charge is -2.33. The first-order chi connectivity index (χ1) is 9.63. The molecule has 1 N–H and O–H groups in total. The van der Waals surface area contributed by atoms with Crippen molar-refractivity contribution in [2.75, 3.05) is 24.6 Å². The summed E-state index contributed by atoms with van der Waals surface area (Å²) < 4.78 is 5.95. The van der Waals surface area contributed by atoms with Gasteiger partial charge >= 0.3 is 5.97 Å². The van der Waals surface area contributed by atoms with Crippen molar-refractivity contribution in [1.82, 2.24) is 4.90 Å². The first-order valence-electron chi connectivity index (χ1n) is 6.94. The van der Waals surface area contributed by atoms with Gasteiger partial charge in [0.25, 0.3) is 0 Å². The number of hydrogen-bond acceptors (Lipinski definition) is 4. The minimum Gasteiger partial charge on any atom is -0.488 e. The van der Waals surface area contributed by atoms with Crippen LogP contribution in [-0.4, -0.2) is 52.7 Å². The maximum atomic E-state index is 11.3. The van der Waals surface area contributed by atoms with Crippen LogP contribution >= 0.6 is 11.8 Å². The third-order valence-electron chi connectivity index (χ3n) is 3.92. The number of thioether (sulfide) groups is 1. The van der Waals surface area contributed by atoms with E-state index in [0.29, 0.717) is 12.3 Å². The van der Waals surface area contributed by atoms with Gasteiger partial charge in [-0.15, -0.1) is 0 Å². The molecule has 0 aromatic heterocycles. The van der Waals surface area contributed by atoms with Crippen LogP contribution in [0.4, 0.5) is 0 Å². The van der Waals surface area contributed by atoms with E-state index in [0.717, 1.165) is 24.5 Å². The third-order valence-corrected chi connectivity index (χ3v) is 4.94. The molecule has 2 aliphatic heterocycles. The fourth-order valence-electron chi connectivity index (χ4n) is 2.90. The Hall–Kier alpha value is -1.20. The van der Waals surface area contributed by atoms with E-state index in [-0.39, 0.29) is 12.1 Å². The largest absolute Gasteiger partial charge is 0.488 e. The smallest absolute Gasteiger partial charge is 0.321 e. The van der Waals surface area contributed by atoms with Gasteiger partial charge in [-0.1, -0.05) is 17.7 Å². The molecule has 1 aromatic rings. The molecule has 1 fully saturated rings. The molecule has 1 aromatic carbocycles. The zero-order valence-corrected chi connectivity index (χ0v) is 12.4. The zero-order valence-electron chi connectivity index (χ0n) is 11.5. The number of carbonyl (C=O) groups is 1. The molecule has 2 unspecified atom stereocenters. The predicted octanol–water partition coefficient (Wildman–Crippen LogP) is 1.80. The average molecular weight is 293 g/mol. The molecule has 2 heterocycles. The molecule has 0 spiro atoms. The Balaban J connectivity index is 1.66. The molecule has 0 amide bonds. The summed E-state index contributed by atoms with van der Waals surface area (Å²) in [5, 5.41) is 9.30. The van der Waals surface area contributed by atoms with Crippen molar-refractivity contribution in [2.24, 2.45) is 0 Å². The lowest BCUT2D eigenvalue weighted by molar-refractivity contribution is -0.142. The van der Waals surface area contributed by atoms with Crippen molar-refractivity contribution >= 4 is 17.7 Å². The van der Waals surface area contributed by atoms with Crippen molar-refractivity contribution in [3.8, 4) is 5.75 Å². The number of aliphatic carboxylic acids is 1. The van der Waals surface area contributed by atoms with Crippen LogP contribution < -0.4 is 4.74 Å². The minimum atomic E-state index is -0.719. The SMILES string of the molecule is Cc1ccc2c(c1)CC(CN1CCSCC1C(=O)O)O2. The fraction of sp³-hybridized carbons (Fsp3) is 0.533. The molecule has 108 valence electrons. The Labute approximate surface area is 123 Å². The Kier molecular flexibility index (Phi) is 3.89. The highest BCUT2D eigenvalue weighted by atomic mass is 32.2. The average Bonchev–Trinajstić information content (AvgIpc) is 2.80. The lowest BCUT2D eigenvalue weighted by atomic mass is 10.1. The highest BCUT2D eigenvalue weighted by Crippen LogP contribution is 2.30. The maximum absolute atomic E-state index is 11.3. The zero-order chi connectivity index (χ0) is 14.1. The fourth-order valence-corrected chi connectivity index (χ4v) is 4.00. The molecule has 5 heteroatoms. The van der Waals surface area contributed by atoms with Gasteiger partial charge in [0, 0.05) is 31.0 Å². The first kappa shape index (κ1) is 13.8. The second kappa shape index (κ2) is 5.66. The van der Waals surface area contributed by atoms with E-state index in [1.165, 1.54) is 11.1 Å². The quantitative estimate of drug-likeness (QED) is 0.921. The maximum Gasteiger partial charge on any atom is 0.321 e. The van der Waals surface area contributed by atoms with E-state index in [1.54, 1.807) is 11.8 Å². The molecule has 2 atom stereocenters. The monoisotopic (exact) mass is 293 g/mol. The molecular formula is C15H19NO3S. The van der Waals surface area contributed by atoms with Crippen molar-refractivity contribution in [3.63, 3.8) is 0 Å². The molecule has 3 rings (SSSR count). The van der Waals surface area contributed by atoms with Gasteiger partial charge < -0.3 is 9.84 Å². The summed E-state index contributed by atoms with van der Waals surface area (Å²) in [6.45, 7) is 3.61. The molecule has 1 saturated heterocycles. The van der Waals surface area contributed by atoms with Crippen LogP contribution in [0, 0.1) is 6.92 Å². The summed E-state index contributed by atoms with van der Waals surface area (Å²) in [7, 11) is 0. The summed E-state index contributed by atoms with van der Waals surface area (Å²) in [5.41, 5.74) is 2.49. The van der Waals surface area contributed by atoms with Gasteiger partial charge in [0.15, 0.2) is 0 Å². The van der Waals surface area contributed by atoms with Crippen LogP contribution in [0.2, 0.25) is 0 Å².